The van der Waals surface area contributed by atoms with Crippen LogP contribution in [0.2, 0.25) is 0 Å². The number of benzene rings is 1. The minimum atomic E-state index is -0.915. The number of hydrogen-bond donors (Lipinski definition) is 1. The van der Waals surface area contributed by atoms with E-state index in [1.165, 1.54) is 12.1 Å². The van der Waals surface area contributed by atoms with Crippen LogP contribution >= 0.6 is 0 Å². The van der Waals surface area contributed by atoms with Gasteiger partial charge in [-0.3, -0.25) is 9.48 Å². The van der Waals surface area contributed by atoms with Crippen molar-refractivity contribution in [3.05, 3.63) is 41.5 Å². The van der Waals surface area contributed by atoms with E-state index in [2.05, 4.69) is 5.10 Å². The van der Waals surface area contributed by atoms with Crippen LogP contribution in [0.15, 0.2) is 24.3 Å². The number of rotatable bonds is 3. The predicted octanol–water partition coefficient (Wildman–Crippen LogP) is 2.16. The first-order valence-corrected chi connectivity index (χ1v) is 5.49. The minimum Gasteiger partial charge on any atom is -0.481 e. The lowest BCUT2D eigenvalue weighted by Crippen LogP contribution is -2.07. The second kappa shape index (κ2) is 4.60. The van der Waals surface area contributed by atoms with Crippen LogP contribution in [0.1, 0.15) is 11.4 Å². The predicted molar refractivity (Wildman–Crippen MR) is 64.7 cm³/mol. The molecule has 0 fully saturated rings. The molecular formula is C13H13FN2O2. The van der Waals surface area contributed by atoms with E-state index in [-0.39, 0.29) is 12.2 Å². The normalized spacial score (nSPS) is 10.6. The maximum absolute atomic E-state index is 12.9. The number of nitrogens with zero attached hydrogens (tertiary/aromatic N) is 2. The number of carboxylic acid groups (broad SMARTS) is 1. The third-order valence-electron chi connectivity index (χ3n) is 2.79. The van der Waals surface area contributed by atoms with Crippen molar-refractivity contribution >= 4 is 5.97 Å². The van der Waals surface area contributed by atoms with Gasteiger partial charge in [-0.25, -0.2) is 4.39 Å². The molecule has 1 aromatic carbocycles. The van der Waals surface area contributed by atoms with Gasteiger partial charge in [0, 0.05) is 12.6 Å². The summed E-state index contributed by atoms with van der Waals surface area (Å²) in [5, 5.41) is 13.1. The van der Waals surface area contributed by atoms with E-state index in [1.807, 2.05) is 6.92 Å². The average molecular weight is 248 g/mol. The van der Waals surface area contributed by atoms with Gasteiger partial charge in [-0.05, 0) is 24.6 Å². The molecule has 0 spiro atoms. The molecule has 4 nitrogen and oxygen atoms in total. The van der Waals surface area contributed by atoms with Gasteiger partial charge >= 0.3 is 5.97 Å². The highest BCUT2D eigenvalue weighted by molar-refractivity contribution is 5.76. The summed E-state index contributed by atoms with van der Waals surface area (Å²) >= 11 is 0. The highest BCUT2D eigenvalue weighted by atomic mass is 19.1. The molecule has 2 aromatic rings. The van der Waals surface area contributed by atoms with E-state index in [0.717, 1.165) is 16.8 Å². The first-order chi connectivity index (χ1) is 8.49. The quantitative estimate of drug-likeness (QED) is 0.905. The van der Waals surface area contributed by atoms with Gasteiger partial charge in [-0.2, -0.15) is 5.10 Å². The van der Waals surface area contributed by atoms with Gasteiger partial charge in [0.05, 0.1) is 17.8 Å². The molecule has 0 amide bonds. The molecule has 0 saturated heterocycles. The first kappa shape index (κ1) is 12.3. The molecule has 0 aliphatic rings. The van der Waals surface area contributed by atoms with Gasteiger partial charge in [0.1, 0.15) is 5.82 Å². The largest absolute Gasteiger partial charge is 0.481 e. The fraction of sp³-hybridized carbons (Fsp3) is 0.231. The van der Waals surface area contributed by atoms with Crippen molar-refractivity contribution in [2.45, 2.75) is 13.3 Å². The molecule has 1 aromatic heterocycles. The Morgan fingerprint density at radius 1 is 1.39 bits per heavy atom. The van der Waals surface area contributed by atoms with Crippen LogP contribution in [0.4, 0.5) is 4.39 Å². The summed E-state index contributed by atoms with van der Waals surface area (Å²) in [5.74, 6) is -1.23. The number of aryl methyl sites for hydroxylation is 2. The van der Waals surface area contributed by atoms with Crippen molar-refractivity contribution in [2.75, 3.05) is 0 Å². The number of carbonyl (C=O) groups is 1. The molecule has 0 radical (unpaired) electrons. The second-order valence-electron chi connectivity index (χ2n) is 4.11. The minimum absolute atomic E-state index is 0.107. The first-order valence-electron chi connectivity index (χ1n) is 5.49. The molecule has 0 unspecified atom stereocenters. The van der Waals surface area contributed by atoms with E-state index in [0.29, 0.717) is 5.69 Å². The van der Waals surface area contributed by atoms with Crippen LogP contribution in [0, 0.1) is 12.7 Å². The molecule has 0 aliphatic carbocycles. The third kappa shape index (κ3) is 2.25. The lowest BCUT2D eigenvalue weighted by atomic mass is 10.0. The third-order valence-corrected chi connectivity index (χ3v) is 2.79. The SMILES string of the molecule is Cc1nn(C)c(CC(=O)O)c1-c1ccc(F)cc1. The van der Waals surface area contributed by atoms with Crippen LogP contribution in [0.3, 0.4) is 0 Å². The lowest BCUT2D eigenvalue weighted by molar-refractivity contribution is -0.136. The topological polar surface area (TPSA) is 55.1 Å². The zero-order chi connectivity index (χ0) is 13.3. The number of aliphatic carboxylic acids is 1. The molecule has 0 aliphatic heterocycles. The number of halogens is 1. The maximum atomic E-state index is 12.9. The smallest absolute Gasteiger partial charge is 0.309 e. The fourth-order valence-electron chi connectivity index (χ4n) is 2.04. The molecule has 1 heterocycles. The molecule has 2 rings (SSSR count). The molecular weight excluding hydrogens is 235 g/mol. The van der Waals surface area contributed by atoms with Gasteiger partial charge < -0.3 is 5.11 Å². The zero-order valence-corrected chi connectivity index (χ0v) is 10.1. The summed E-state index contributed by atoms with van der Waals surface area (Å²) in [4.78, 5) is 10.9. The van der Waals surface area contributed by atoms with E-state index in [1.54, 1.807) is 23.9 Å². The lowest BCUT2D eigenvalue weighted by Gasteiger charge is -2.04. The Morgan fingerprint density at radius 2 is 2.00 bits per heavy atom. The number of carboxylic acids is 1. The Balaban J connectivity index is 2.55. The average Bonchev–Trinajstić information content (AvgIpc) is 2.55. The van der Waals surface area contributed by atoms with Crippen molar-refractivity contribution in [2.24, 2.45) is 7.05 Å². The Kier molecular flexibility index (Phi) is 3.14. The summed E-state index contributed by atoms with van der Waals surface area (Å²) in [6.07, 6.45) is -0.107. The molecule has 0 atom stereocenters. The zero-order valence-electron chi connectivity index (χ0n) is 10.1. The van der Waals surface area contributed by atoms with Gasteiger partial charge in [0.15, 0.2) is 0 Å². The highest BCUT2D eigenvalue weighted by Gasteiger charge is 2.17. The van der Waals surface area contributed by atoms with E-state index in [9.17, 15) is 9.18 Å². The second-order valence-corrected chi connectivity index (χ2v) is 4.11. The van der Waals surface area contributed by atoms with Crippen LogP contribution in [-0.2, 0) is 18.3 Å². The Morgan fingerprint density at radius 3 is 2.56 bits per heavy atom. The van der Waals surface area contributed by atoms with Gasteiger partial charge in [-0.15, -0.1) is 0 Å². The summed E-state index contributed by atoms with van der Waals surface area (Å²) < 4.78 is 14.5. The van der Waals surface area contributed by atoms with Crippen molar-refractivity contribution in [1.29, 1.82) is 0 Å². The van der Waals surface area contributed by atoms with Gasteiger partial charge in [0.25, 0.3) is 0 Å². The highest BCUT2D eigenvalue weighted by Crippen LogP contribution is 2.27. The van der Waals surface area contributed by atoms with Gasteiger partial charge in [-0.1, -0.05) is 12.1 Å². The van der Waals surface area contributed by atoms with Crippen molar-refractivity contribution in [1.82, 2.24) is 9.78 Å². The maximum Gasteiger partial charge on any atom is 0.309 e. The van der Waals surface area contributed by atoms with Gasteiger partial charge in [0.2, 0.25) is 0 Å². The summed E-state index contributed by atoms with van der Waals surface area (Å²) in [6, 6.07) is 5.97. The number of aromatic nitrogens is 2. The molecule has 0 saturated carbocycles. The van der Waals surface area contributed by atoms with Crippen LogP contribution in [0.5, 0.6) is 0 Å². The van der Waals surface area contributed by atoms with Crippen LogP contribution < -0.4 is 0 Å². The summed E-state index contributed by atoms with van der Waals surface area (Å²) in [7, 11) is 1.71. The fourth-order valence-corrected chi connectivity index (χ4v) is 2.04. The standard InChI is InChI=1S/C13H13FN2O2/c1-8-13(9-3-5-10(14)6-4-9)11(7-12(17)18)16(2)15-8/h3-6H,7H2,1-2H3,(H,17,18). The van der Waals surface area contributed by atoms with Crippen molar-refractivity contribution in [3.63, 3.8) is 0 Å². The molecule has 94 valence electrons. The Labute approximate surface area is 104 Å². The summed E-state index contributed by atoms with van der Waals surface area (Å²) in [5.41, 5.74) is 2.89. The molecule has 18 heavy (non-hydrogen) atoms. The van der Waals surface area contributed by atoms with E-state index < -0.39 is 5.97 Å². The van der Waals surface area contributed by atoms with E-state index >= 15 is 0 Å². The van der Waals surface area contributed by atoms with Crippen molar-refractivity contribution < 1.29 is 14.3 Å². The Hall–Kier alpha value is -2.17. The molecule has 0 bridgehead atoms. The molecule has 5 heteroatoms. The summed E-state index contributed by atoms with van der Waals surface area (Å²) in [6.45, 7) is 1.81. The molecule has 1 N–H and O–H groups in total. The number of hydrogen-bond acceptors (Lipinski definition) is 2. The van der Waals surface area contributed by atoms with Crippen LogP contribution in [0.25, 0.3) is 11.1 Å². The van der Waals surface area contributed by atoms with Crippen molar-refractivity contribution in [3.8, 4) is 11.1 Å². The Bertz CT molecular complexity index is 588. The van der Waals surface area contributed by atoms with E-state index in [4.69, 9.17) is 5.11 Å². The monoisotopic (exact) mass is 248 g/mol. The van der Waals surface area contributed by atoms with Crippen LogP contribution in [-0.4, -0.2) is 20.9 Å².